The van der Waals surface area contributed by atoms with Crippen LogP contribution in [0.2, 0.25) is 5.02 Å². The number of ether oxygens (including phenoxy) is 2. The number of halogens is 1. The van der Waals surface area contributed by atoms with Gasteiger partial charge in [-0.15, -0.1) is 0 Å². The average Bonchev–Trinajstić information content (AvgIpc) is 2.86. The van der Waals surface area contributed by atoms with Crippen molar-refractivity contribution in [2.75, 3.05) is 23.8 Å². The highest BCUT2D eigenvalue weighted by atomic mass is 35.5. The molecule has 3 N–H and O–H groups in total. The van der Waals surface area contributed by atoms with E-state index < -0.39 is 11.8 Å². The summed E-state index contributed by atoms with van der Waals surface area (Å²) < 4.78 is 11.0. The van der Waals surface area contributed by atoms with Gasteiger partial charge in [-0.25, -0.2) is 5.43 Å². The summed E-state index contributed by atoms with van der Waals surface area (Å²) in [7, 11) is 0. The molecule has 0 aromatic heterocycles. The van der Waals surface area contributed by atoms with Crippen molar-refractivity contribution in [1.82, 2.24) is 5.43 Å². The van der Waals surface area contributed by atoms with Crippen molar-refractivity contribution in [2.24, 2.45) is 5.10 Å². The molecular weight excluding hydrogens is 484 g/mol. The van der Waals surface area contributed by atoms with Crippen LogP contribution >= 0.6 is 11.6 Å². The number of nitrogens with one attached hydrogen (secondary N) is 3. The summed E-state index contributed by atoms with van der Waals surface area (Å²) in [5.74, 6) is -1.30. The fraction of sp³-hybridized carbons (Fsp3) is 0.154. The summed E-state index contributed by atoms with van der Waals surface area (Å²) in [6.45, 7) is 3.87. The lowest BCUT2D eigenvalue weighted by atomic mass is 10.2. The first-order chi connectivity index (χ1) is 17.4. The summed E-state index contributed by atoms with van der Waals surface area (Å²) in [6.07, 6.45) is 1.35. The molecular formula is C26H25ClN4O5. The molecule has 0 fully saturated rings. The van der Waals surface area contributed by atoms with Crippen LogP contribution in [-0.4, -0.2) is 37.1 Å². The molecule has 10 heteroatoms. The molecule has 0 unspecified atom stereocenters. The lowest BCUT2D eigenvalue weighted by Gasteiger charge is -2.10. The van der Waals surface area contributed by atoms with Gasteiger partial charge < -0.3 is 20.1 Å². The first kappa shape index (κ1) is 26.2. The van der Waals surface area contributed by atoms with E-state index in [0.717, 1.165) is 5.56 Å². The third-order valence-electron chi connectivity index (χ3n) is 4.72. The van der Waals surface area contributed by atoms with E-state index in [1.54, 1.807) is 60.7 Å². The van der Waals surface area contributed by atoms with Crippen molar-refractivity contribution in [2.45, 2.75) is 13.8 Å². The minimum Gasteiger partial charge on any atom is -0.492 e. The topological polar surface area (TPSA) is 118 Å². The fourth-order valence-electron chi connectivity index (χ4n) is 3.00. The third-order valence-corrected chi connectivity index (χ3v) is 4.96. The van der Waals surface area contributed by atoms with Gasteiger partial charge in [-0.2, -0.15) is 5.10 Å². The number of amides is 3. The van der Waals surface area contributed by atoms with Crippen LogP contribution in [0.3, 0.4) is 0 Å². The van der Waals surface area contributed by atoms with Gasteiger partial charge in [0.05, 0.1) is 18.5 Å². The number of aryl methyl sites for hydroxylation is 1. The van der Waals surface area contributed by atoms with Crippen molar-refractivity contribution in [3.05, 3.63) is 82.9 Å². The summed E-state index contributed by atoms with van der Waals surface area (Å²) in [5, 5.41) is 9.57. The molecule has 0 aliphatic carbocycles. The Morgan fingerprint density at radius 3 is 2.53 bits per heavy atom. The van der Waals surface area contributed by atoms with Crippen LogP contribution in [0.1, 0.15) is 18.1 Å². The molecule has 3 rings (SSSR count). The van der Waals surface area contributed by atoms with Gasteiger partial charge in [0.1, 0.15) is 11.5 Å². The lowest BCUT2D eigenvalue weighted by Crippen LogP contribution is -2.32. The maximum Gasteiger partial charge on any atom is 0.329 e. The first-order valence-electron chi connectivity index (χ1n) is 11.0. The van der Waals surface area contributed by atoms with Crippen LogP contribution in [-0.2, 0) is 14.4 Å². The van der Waals surface area contributed by atoms with Gasteiger partial charge in [0, 0.05) is 10.7 Å². The number of para-hydroxylation sites is 2. The molecule has 9 nitrogen and oxygen atoms in total. The number of rotatable bonds is 9. The van der Waals surface area contributed by atoms with E-state index >= 15 is 0 Å². The zero-order valence-corrected chi connectivity index (χ0v) is 20.5. The smallest absolute Gasteiger partial charge is 0.329 e. The summed E-state index contributed by atoms with van der Waals surface area (Å²) in [4.78, 5) is 36.5. The standard InChI is InChI=1S/C26H25ClN4O5/c1-3-35-23-10-5-4-9-21(23)30-25(33)26(34)31-28-15-18-7-6-8-20(13-18)36-16-24(32)29-22-14-19(27)12-11-17(22)2/h4-15H,3,16H2,1-2H3,(H,29,32)(H,30,33)(H,31,34)/b28-15-. The van der Waals surface area contributed by atoms with E-state index in [4.69, 9.17) is 21.1 Å². The molecule has 0 radical (unpaired) electrons. The van der Waals surface area contributed by atoms with Crippen LogP contribution in [0.15, 0.2) is 71.8 Å². The van der Waals surface area contributed by atoms with Crippen molar-refractivity contribution in [1.29, 1.82) is 0 Å². The first-order valence-corrected chi connectivity index (χ1v) is 11.4. The van der Waals surface area contributed by atoms with Gasteiger partial charge in [-0.3, -0.25) is 14.4 Å². The Morgan fingerprint density at radius 1 is 0.917 bits per heavy atom. The SMILES string of the molecule is CCOc1ccccc1NC(=O)C(=O)N/N=C\c1cccc(OCC(=O)Nc2cc(Cl)ccc2C)c1. The van der Waals surface area contributed by atoms with Crippen LogP contribution in [0.5, 0.6) is 11.5 Å². The van der Waals surface area contributed by atoms with Crippen molar-refractivity contribution >= 4 is 46.9 Å². The highest BCUT2D eigenvalue weighted by molar-refractivity contribution is 6.39. The molecule has 0 spiro atoms. The van der Waals surface area contributed by atoms with E-state index in [1.807, 2.05) is 19.9 Å². The molecule has 0 saturated heterocycles. The predicted molar refractivity (Wildman–Crippen MR) is 139 cm³/mol. The average molecular weight is 509 g/mol. The Morgan fingerprint density at radius 2 is 1.72 bits per heavy atom. The minimum absolute atomic E-state index is 0.216. The molecule has 0 aliphatic heterocycles. The minimum atomic E-state index is -0.946. The maximum atomic E-state index is 12.2. The zero-order valence-electron chi connectivity index (χ0n) is 19.7. The molecule has 0 bridgehead atoms. The Balaban J connectivity index is 1.50. The normalized spacial score (nSPS) is 10.5. The van der Waals surface area contributed by atoms with Crippen LogP contribution < -0.4 is 25.5 Å². The molecule has 186 valence electrons. The molecule has 0 saturated carbocycles. The van der Waals surface area contributed by atoms with Gasteiger partial charge in [-0.1, -0.05) is 41.9 Å². The molecule has 0 heterocycles. The molecule has 3 amide bonds. The van der Waals surface area contributed by atoms with Gasteiger partial charge in [0.15, 0.2) is 6.61 Å². The molecule has 3 aromatic carbocycles. The lowest BCUT2D eigenvalue weighted by molar-refractivity contribution is -0.136. The third kappa shape index (κ3) is 7.85. The van der Waals surface area contributed by atoms with E-state index in [1.165, 1.54) is 6.21 Å². The highest BCUT2D eigenvalue weighted by Crippen LogP contribution is 2.23. The monoisotopic (exact) mass is 508 g/mol. The van der Waals surface area contributed by atoms with E-state index in [0.29, 0.717) is 40.1 Å². The van der Waals surface area contributed by atoms with E-state index in [9.17, 15) is 14.4 Å². The zero-order chi connectivity index (χ0) is 25.9. The Hall–Kier alpha value is -4.37. The number of benzene rings is 3. The summed E-state index contributed by atoms with van der Waals surface area (Å²) >= 11 is 5.97. The Bertz CT molecular complexity index is 1280. The van der Waals surface area contributed by atoms with Crippen molar-refractivity contribution in [3.8, 4) is 11.5 Å². The number of hydrogen-bond acceptors (Lipinski definition) is 6. The highest BCUT2D eigenvalue weighted by Gasteiger charge is 2.15. The number of carbonyl (C=O) groups excluding carboxylic acids is 3. The molecule has 0 atom stereocenters. The summed E-state index contributed by atoms with van der Waals surface area (Å²) in [6, 6.07) is 18.7. The largest absolute Gasteiger partial charge is 0.492 e. The van der Waals surface area contributed by atoms with Gasteiger partial charge in [0.25, 0.3) is 5.91 Å². The Kier molecular flexibility index (Phi) is 9.41. The van der Waals surface area contributed by atoms with Gasteiger partial charge in [0.2, 0.25) is 0 Å². The van der Waals surface area contributed by atoms with E-state index in [2.05, 4.69) is 21.2 Å². The predicted octanol–water partition coefficient (Wildman–Crippen LogP) is 4.15. The van der Waals surface area contributed by atoms with Crippen LogP contribution in [0.25, 0.3) is 0 Å². The fourth-order valence-corrected chi connectivity index (χ4v) is 3.17. The second kappa shape index (κ2) is 12.9. The second-order valence-corrected chi connectivity index (χ2v) is 7.89. The molecule has 0 aliphatic rings. The Labute approximate surface area is 213 Å². The number of carbonyl (C=O) groups is 3. The number of hydrazone groups is 1. The van der Waals surface area contributed by atoms with Crippen LogP contribution in [0.4, 0.5) is 11.4 Å². The maximum absolute atomic E-state index is 12.2. The van der Waals surface area contributed by atoms with Gasteiger partial charge in [-0.05, 0) is 61.4 Å². The summed E-state index contributed by atoms with van der Waals surface area (Å²) in [5.41, 5.74) is 4.62. The number of nitrogens with zero attached hydrogens (tertiary/aromatic N) is 1. The molecule has 36 heavy (non-hydrogen) atoms. The van der Waals surface area contributed by atoms with Crippen molar-refractivity contribution < 1.29 is 23.9 Å². The number of anilines is 2. The van der Waals surface area contributed by atoms with Crippen molar-refractivity contribution in [3.63, 3.8) is 0 Å². The van der Waals surface area contributed by atoms with Crippen LogP contribution in [0, 0.1) is 6.92 Å². The van der Waals surface area contributed by atoms with Gasteiger partial charge >= 0.3 is 11.8 Å². The quantitative estimate of drug-likeness (QED) is 0.228. The molecule has 3 aromatic rings. The number of hydrogen-bond donors (Lipinski definition) is 3. The van der Waals surface area contributed by atoms with E-state index in [-0.39, 0.29) is 12.5 Å². The second-order valence-electron chi connectivity index (χ2n) is 7.45.